The van der Waals surface area contributed by atoms with Gasteiger partial charge >= 0.3 is 0 Å². The number of hydrogen-bond donors (Lipinski definition) is 1. The Labute approximate surface area is 108 Å². The quantitative estimate of drug-likeness (QED) is 0.832. The minimum Gasteiger partial charge on any atom is -0.324 e. The van der Waals surface area contributed by atoms with Crippen LogP contribution in [0.15, 0.2) is 27.1 Å². The standard InChI is InChI=1S/C12H13Br2N/c1-2-3-4-5-12(15)10-7-6-9(13)8-11(10)14/h6-8,12H,4-5,15H2,1H3. The predicted octanol–water partition coefficient (Wildman–Crippen LogP) is 4.01. The fraction of sp³-hybridized carbons (Fsp3) is 0.333. The van der Waals surface area contributed by atoms with Crippen LogP contribution >= 0.6 is 31.9 Å². The Kier molecular flexibility index (Phi) is 5.38. The molecule has 0 aliphatic carbocycles. The Balaban J connectivity index is 2.71. The van der Waals surface area contributed by atoms with Crippen LogP contribution in [0.4, 0.5) is 0 Å². The van der Waals surface area contributed by atoms with Gasteiger partial charge in [-0.25, -0.2) is 0 Å². The van der Waals surface area contributed by atoms with Crippen molar-refractivity contribution in [1.82, 2.24) is 0 Å². The summed E-state index contributed by atoms with van der Waals surface area (Å²) in [7, 11) is 0. The van der Waals surface area contributed by atoms with E-state index < -0.39 is 0 Å². The molecule has 0 fully saturated rings. The third-order valence-corrected chi connectivity index (χ3v) is 3.30. The van der Waals surface area contributed by atoms with Crippen molar-refractivity contribution in [3.8, 4) is 11.8 Å². The van der Waals surface area contributed by atoms with Gasteiger partial charge in [0.25, 0.3) is 0 Å². The molecule has 1 nitrogen and oxygen atoms in total. The topological polar surface area (TPSA) is 26.0 Å². The van der Waals surface area contributed by atoms with Gasteiger partial charge in [-0.05, 0) is 31.0 Å². The van der Waals surface area contributed by atoms with Gasteiger partial charge in [-0.2, -0.15) is 0 Å². The van der Waals surface area contributed by atoms with Gasteiger partial charge in [-0.3, -0.25) is 0 Å². The summed E-state index contributed by atoms with van der Waals surface area (Å²) >= 11 is 6.93. The maximum atomic E-state index is 6.07. The number of hydrogen-bond acceptors (Lipinski definition) is 1. The SMILES string of the molecule is CC#CCCC(N)c1ccc(Br)cc1Br. The monoisotopic (exact) mass is 329 g/mol. The molecule has 0 bridgehead atoms. The molecule has 15 heavy (non-hydrogen) atoms. The average Bonchev–Trinajstić information content (AvgIpc) is 2.17. The van der Waals surface area contributed by atoms with Crippen LogP contribution < -0.4 is 5.73 Å². The Hall–Kier alpha value is -0.300. The van der Waals surface area contributed by atoms with Crippen LogP contribution in [0.3, 0.4) is 0 Å². The molecule has 2 N–H and O–H groups in total. The molecule has 1 aromatic rings. The first-order valence-corrected chi connectivity index (χ1v) is 6.34. The molecule has 0 aliphatic rings. The van der Waals surface area contributed by atoms with E-state index in [1.165, 1.54) is 0 Å². The lowest BCUT2D eigenvalue weighted by Crippen LogP contribution is -2.10. The molecule has 1 aromatic carbocycles. The van der Waals surface area contributed by atoms with E-state index in [0.29, 0.717) is 0 Å². The largest absolute Gasteiger partial charge is 0.324 e. The Morgan fingerprint density at radius 2 is 2.13 bits per heavy atom. The van der Waals surface area contributed by atoms with E-state index >= 15 is 0 Å². The number of nitrogens with two attached hydrogens (primary N) is 1. The molecule has 0 aromatic heterocycles. The van der Waals surface area contributed by atoms with Gasteiger partial charge in [0, 0.05) is 21.4 Å². The minimum absolute atomic E-state index is 0.0494. The lowest BCUT2D eigenvalue weighted by Gasteiger charge is -2.12. The summed E-state index contributed by atoms with van der Waals surface area (Å²) in [4.78, 5) is 0. The Morgan fingerprint density at radius 3 is 2.73 bits per heavy atom. The molecule has 1 unspecified atom stereocenters. The van der Waals surface area contributed by atoms with Crippen molar-refractivity contribution in [2.75, 3.05) is 0 Å². The summed E-state index contributed by atoms with van der Waals surface area (Å²) in [6, 6.07) is 6.11. The van der Waals surface area contributed by atoms with E-state index in [2.05, 4.69) is 43.7 Å². The van der Waals surface area contributed by atoms with Gasteiger partial charge in [-0.15, -0.1) is 11.8 Å². The number of rotatable bonds is 3. The molecule has 0 saturated carbocycles. The fourth-order valence-electron chi connectivity index (χ4n) is 1.31. The maximum Gasteiger partial charge on any atom is 0.0315 e. The summed E-state index contributed by atoms with van der Waals surface area (Å²) < 4.78 is 2.10. The van der Waals surface area contributed by atoms with Crippen molar-refractivity contribution in [3.63, 3.8) is 0 Å². The highest BCUT2D eigenvalue weighted by molar-refractivity contribution is 9.11. The molecule has 80 valence electrons. The maximum absolute atomic E-state index is 6.07. The predicted molar refractivity (Wildman–Crippen MR) is 71.5 cm³/mol. The van der Waals surface area contributed by atoms with E-state index in [1.54, 1.807) is 0 Å². The second kappa shape index (κ2) is 6.32. The lowest BCUT2D eigenvalue weighted by atomic mass is 10.0. The molecule has 1 atom stereocenters. The van der Waals surface area contributed by atoms with Crippen LogP contribution in [-0.4, -0.2) is 0 Å². The lowest BCUT2D eigenvalue weighted by molar-refractivity contribution is 0.665. The van der Waals surface area contributed by atoms with Gasteiger partial charge in [0.05, 0.1) is 0 Å². The summed E-state index contributed by atoms with van der Waals surface area (Å²) in [6.45, 7) is 1.85. The van der Waals surface area contributed by atoms with E-state index in [-0.39, 0.29) is 6.04 Å². The van der Waals surface area contributed by atoms with Gasteiger partial charge in [0.1, 0.15) is 0 Å². The van der Waals surface area contributed by atoms with E-state index in [0.717, 1.165) is 27.4 Å². The molecule has 3 heteroatoms. The van der Waals surface area contributed by atoms with Crippen molar-refractivity contribution < 1.29 is 0 Å². The minimum atomic E-state index is 0.0494. The van der Waals surface area contributed by atoms with Gasteiger partial charge in [-0.1, -0.05) is 37.9 Å². The zero-order valence-corrected chi connectivity index (χ0v) is 11.7. The molecule has 0 aliphatic heterocycles. The van der Waals surface area contributed by atoms with E-state index in [1.807, 2.05) is 25.1 Å². The second-order valence-electron chi connectivity index (χ2n) is 3.24. The average molecular weight is 331 g/mol. The van der Waals surface area contributed by atoms with E-state index in [9.17, 15) is 0 Å². The molecular weight excluding hydrogens is 318 g/mol. The molecule has 0 radical (unpaired) electrons. The molecule has 0 heterocycles. The van der Waals surface area contributed by atoms with Crippen LogP contribution in [0.5, 0.6) is 0 Å². The van der Waals surface area contributed by atoms with Crippen molar-refractivity contribution in [1.29, 1.82) is 0 Å². The first-order chi connectivity index (χ1) is 7.15. The molecule has 0 spiro atoms. The zero-order valence-electron chi connectivity index (χ0n) is 8.56. The third-order valence-electron chi connectivity index (χ3n) is 2.12. The van der Waals surface area contributed by atoms with Gasteiger partial charge in [0.15, 0.2) is 0 Å². The summed E-state index contributed by atoms with van der Waals surface area (Å²) in [5.41, 5.74) is 7.21. The fourth-order valence-corrected chi connectivity index (χ4v) is 2.65. The molecular formula is C12H13Br2N. The van der Waals surface area contributed by atoms with Crippen LogP contribution in [0.2, 0.25) is 0 Å². The van der Waals surface area contributed by atoms with Crippen LogP contribution in [0.1, 0.15) is 31.4 Å². The summed E-state index contributed by atoms with van der Waals surface area (Å²) in [6.07, 6.45) is 1.74. The van der Waals surface area contributed by atoms with Crippen LogP contribution in [0.25, 0.3) is 0 Å². The normalized spacial score (nSPS) is 11.7. The van der Waals surface area contributed by atoms with Crippen molar-refractivity contribution >= 4 is 31.9 Å². The Morgan fingerprint density at radius 1 is 1.40 bits per heavy atom. The highest BCUT2D eigenvalue weighted by Gasteiger charge is 2.08. The molecule has 0 saturated heterocycles. The van der Waals surface area contributed by atoms with Crippen molar-refractivity contribution in [2.24, 2.45) is 5.73 Å². The highest BCUT2D eigenvalue weighted by Crippen LogP contribution is 2.27. The van der Waals surface area contributed by atoms with Crippen molar-refractivity contribution in [3.05, 3.63) is 32.7 Å². The number of benzene rings is 1. The summed E-state index contributed by atoms with van der Waals surface area (Å²) in [5.74, 6) is 5.90. The first kappa shape index (κ1) is 12.8. The highest BCUT2D eigenvalue weighted by atomic mass is 79.9. The number of halogens is 2. The molecule has 0 amide bonds. The zero-order chi connectivity index (χ0) is 11.3. The summed E-state index contributed by atoms with van der Waals surface area (Å²) in [5, 5.41) is 0. The smallest absolute Gasteiger partial charge is 0.0315 e. The first-order valence-electron chi connectivity index (χ1n) is 4.75. The van der Waals surface area contributed by atoms with Gasteiger partial charge < -0.3 is 5.73 Å². The second-order valence-corrected chi connectivity index (χ2v) is 5.01. The molecule has 1 rings (SSSR count). The van der Waals surface area contributed by atoms with Crippen molar-refractivity contribution in [2.45, 2.75) is 25.8 Å². The van der Waals surface area contributed by atoms with E-state index in [4.69, 9.17) is 5.73 Å². The third kappa shape index (κ3) is 3.98. The van der Waals surface area contributed by atoms with Crippen LogP contribution in [0, 0.1) is 11.8 Å². The van der Waals surface area contributed by atoms with Gasteiger partial charge in [0.2, 0.25) is 0 Å². The Bertz CT molecular complexity index is 390. The van der Waals surface area contributed by atoms with Crippen LogP contribution in [-0.2, 0) is 0 Å².